The lowest BCUT2D eigenvalue weighted by Gasteiger charge is -2.50. The van der Waals surface area contributed by atoms with Crippen molar-refractivity contribution in [2.45, 2.75) is 32.7 Å². The third-order valence-electron chi connectivity index (χ3n) is 4.26. The molecule has 0 spiro atoms. The fraction of sp³-hybridized carbons (Fsp3) is 0.500. The molecule has 1 fully saturated rings. The van der Waals surface area contributed by atoms with E-state index in [-0.39, 0.29) is 12.2 Å². The van der Waals surface area contributed by atoms with Gasteiger partial charge in [0.25, 0.3) is 0 Å². The van der Waals surface area contributed by atoms with Crippen molar-refractivity contribution in [2.75, 3.05) is 29.1 Å². The summed E-state index contributed by atoms with van der Waals surface area (Å²) in [4.78, 5) is 10.8. The second kappa shape index (κ2) is 7.38. The lowest BCUT2D eigenvalue weighted by Crippen LogP contribution is -2.70. The molecule has 1 aliphatic heterocycles. The van der Waals surface area contributed by atoms with E-state index in [2.05, 4.69) is 30.4 Å². The summed E-state index contributed by atoms with van der Waals surface area (Å²) in [6.45, 7) is 6.16. The molecule has 0 radical (unpaired) electrons. The van der Waals surface area contributed by atoms with E-state index in [1.165, 1.54) is 11.5 Å². The average molecular weight is 408 g/mol. The third-order valence-corrected chi connectivity index (χ3v) is 6.56. The van der Waals surface area contributed by atoms with Crippen LogP contribution in [0.5, 0.6) is 0 Å². The monoisotopic (exact) mass is 407 g/mol. The van der Waals surface area contributed by atoms with Crippen LogP contribution in [-0.4, -0.2) is 47.1 Å². The maximum absolute atomic E-state index is 12.0. The number of aryl methyl sites for hydroxylation is 2. The maximum Gasteiger partial charge on any atom is 0.229 e. The van der Waals surface area contributed by atoms with Crippen LogP contribution in [0.15, 0.2) is 12.3 Å². The molecular formula is C16H21N7O2S2. The maximum atomic E-state index is 12.0. The number of anilines is 3. The first kappa shape index (κ1) is 19.5. The van der Waals surface area contributed by atoms with Crippen molar-refractivity contribution in [3.8, 4) is 6.07 Å². The van der Waals surface area contributed by atoms with Crippen molar-refractivity contribution in [1.29, 1.82) is 5.26 Å². The first-order valence-corrected chi connectivity index (χ1v) is 10.9. The van der Waals surface area contributed by atoms with E-state index in [0.29, 0.717) is 19.0 Å². The largest absolute Gasteiger partial charge is 0.352 e. The Morgan fingerprint density at radius 2 is 2.15 bits per heavy atom. The van der Waals surface area contributed by atoms with E-state index in [4.69, 9.17) is 5.26 Å². The predicted octanol–water partition coefficient (Wildman–Crippen LogP) is 1.71. The van der Waals surface area contributed by atoms with Gasteiger partial charge in [-0.25, -0.2) is 18.1 Å². The van der Waals surface area contributed by atoms with E-state index in [9.17, 15) is 8.42 Å². The quantitative estimate of drug-likeness (QED) is 0.711. The van der Waals surface area contributed by atoms with E-state index in [1.807, 2.05) is 24.8 Å². The molecule has 0 aromatic carbocycles. The van der Waals surface area contributed by atoms with Gasteiger partial charge in [0.1, 0.15) is 10.8 Å². The molecule has 0 amide bonds. The molecule has 27 heavy (non-hydrogen) atoms. The van der Waals surface area contributed by atoms with Crippen LogP contribution in [0.3, 0.4) is 0 Å². The van der Waals surface area contributed by atoms with Crippen LogP contribution in [0.2, 0.25) is 0 Å². The van der Waals surface area contributed by atoms with Gasteiger partial charge < -0.3 is 10.2 Å². The molecule has 11 heteroatoms. The van der Waals surface area contributed by atoms with Crippen LogP contribution in [0.4, 0.5) is 16.8 Å². The van der Waals surface area contributed by atoms with E-state index in [1.54, 1.807) is 13.1 Å². The van der Waals surface area contributed by atoms with Gasteiger partial charge in [0, 0.05) is 24.8 Å². The summed E-state index contributed by atoms with van der Waals surface area (Å²) in [6, 6.07) is 4.00. The zero-order valence-corrected chi connectivity index (χ0v) is 17.0. The minimum atomic E-state index is -3.40. The Kier molecular flexibility index (Phi) is 5.32. The summed E-state index contributed by atoms with van der Waals surface area (Å²) in [5, 5.41) is 13.1. The zero-order valence-electron chi connectivity index (χ0n) is 15.4. The van der Waals surface area contributed by atoms with Gasteiger partial charge in [0.15, 0.2) is 0 Å². The van der Waals surface area contributed by atoms with Crippen LogP contribution in [0.25, 0.3) is 0 Å². The number of hydrogen-bond acceptors (Lipinski definition) is 9. The molecule has 2 N–H and O–H groups in total. The molecule has 1 aliphatic rings. The summed E-state index contributed by atoms with van der Waals surface area (Å²) < 4.78 is 30.8. The highest BCUT2D eigenvalue weighted by atomic mass is 32.2. The molecular weight excluding hydrogens is 386 g/mol. The number of rotatable bonds is 7. The van der Waals surface area contributed by atoms with Crippen molar-refractivity contribution in [2.24, 2.45) is 0 Å². The average Bonchev–Trinajstić information content (AvgIpc) is 2.99. The Morgan fingerprint density at radius 1 is 1.41 bits per heavy atom. The van der Waals surface area contributed by atoms with Crippen LogP contribution >= 0.6 is 11.5 Å². The van der Waals surface area contributed by atoms with Gasteiger partial charge in [-0.2, -0.15) is 14.6 Å². The fourth-order valence-corrected chi connectivity index (χ4v) is 4.61. The Hall–Kier alpha value is -2.29. The van der Waals surface area contributed by atoms with Crippen LogP contribution < -0.4 is 14.9 Å². The fourth-order valence-electron chi connectivity index (χ4n) is 2.95. The van der Waals surface area contributed by atoms with Gasteiger partial charge in [-0.1, -0.05) is 0 Å². The molecule has 0 aliphatic carbocycles. The van der Waals surface area contributed by atoms with Crippen LogP contribution in [0, 0.1) is 25.2 Å². The van der Waals surface area contributed by atoms with Crippen molar-refractivity contribution in [3.63, 3.8) is 0 Å². The Morgan fingerprint density at radius 3 is 2.74 bits per heavy atom. The van der Waals surface area contributed by atoms with Crippen molar-refractivity contribution < 1.29 is 8.42 Å². The number of nitriles is 1. The van der Waals surface area contributed by atoms with Crippen molar-refractivity contribution in [1.82, 2.24) is 19.1 Å². The molecule has 9 nitrogen and oxygen atoms in total. The smallest absolute Gasteiger partial charge is 0.229 e. The molecule has 0 saturated carbocycles. The molecule has 2 aromatic heterocycles. The summed E-state index contributed by atoms with van der Waals surface area (Å²) in [5.74, 6) is 1.15. The lowest BCUT2D eigenvalue weighted by molar-refractivity contribution is 0.303. The SMILES string of the molecule is CCS(=O)(=O)NC1(CC#N)CN(c2nc(Nc3cc(C)ns3)ncc2C)C1. The minimum Gasteiger partial charge on any atom is -0.352 e. The molecule has 0 bridgehead atoms. The molecule has 0 unspecified atom stereocenters. The number of hydrogen-bond donors (Lipinski definition) is 2. The standard InChI is InChI=1S/C16H21N7O2S2/c1-4-27(24,25)22-16(5-6-17)9-23(10-16)14-11(2)8-18-15(20-14)19-13-7-12(3)21-26-13/h7-8,22H,4-5,9-10H2,1-3H3,(H,18,19,20). The summed E-state index contributed by atoms with van der Waals surface area (Å²) in [6.07, 6.45) is 1.83. The second-order valence-electron chi connectivity index (χ2n) is 6.63. The first-order chi connectivity index (χ1) is 12.8. The van der Waals surface area contributed by atoms with E-state index >= 15 is 0 Å². The molecule has 2 aromatic rings. The lowest BCUT2D eigenvalue weighted by atomic mass is 9.88. The van der Waals surface area contributed by atoms with Gasteiger partial charge in [-0.15, -0.1) is 0 Å². The topological polar surface area (TPSA) is 124 Å². The Bertz CT molecular complexity index is 975. The molecule has 1 saturated heterocycles. The molecule has 3 rings (SSSR count). The highest BCUT2D eigenvalue weighted by molar-refractivity contribution is 7.89. The number of aromatic nitrogens is 3. The summed E-state index contributed by atoms with van der Waals surface area (Å²) >= 11 is 1.33. The minimum absolute atomic E-state index is 0.0188. The first-order valence-electron chi connectivity index (χ1n) is 8.43. The molecule has 144 valence electrons. The van der Waals surface area contributed by atoms with E-state index < -0.39 is 15.6 Å². The Labute approximate surface area is 162 Å². The molecule has 0 atom stereocenters. The van der Waals surface area contributed by atoms with Crippen molar-refractivity contribution >= 4 is 38.3 Å². The normalized spacial score (nSPS) is 15.9. The molecule has 3 heterocycles. The number of nitrogens with one attached hydrogen (secondary N) is 2. The van der Waals surface area contributed by atoms with Gasteiger partial charge in [-0.3, -0.25) is 0 Å². The van der Waals surface area contributed by atoms with E-state index in [0.717, 1.165) is 22.1 Å². The highest BCUT2D eigenvalue weighted by Gasteiger charge is 2.46. The van der Waals surface area contributed by atoms with Crippen LogP contribution in [-0.2, 0) is 10.0 Å². The number of nitrogens with zero attached hydrogens (tertiary/aromatic N) is 5. The second-order valence-corrected chi connectivity index (χ2v) is 9.45. The number of sulfonamides is 1. The Balaban J connectivity index is 1.77. The van der Waals surface area contributed by atoms with Crippen molar-refractivity contribution in [3.05, 3.63) is 23.5 Å². The highest BCUT2D eigenvalue weighted by Crippen LogP contribution is 2.32. The van der Waals surface area contributed by atoms with Gasteiger partial charge in [0.05, 0.1) is 29.5 Å². The summed E-state index contributed by atoms with van der Waals surface area (Å²) in [7, 11) is -3.40. The third kappa shape index (κ3) is 4.35. The summed E-state index contributed by atoms with van der Waals surface area (Å²) in [5.41, 5.74) is 1.02. The van der Waals surface area contributed by atoms with Crippen LogP contribution in [0.1, 0.15) is 24.6 Å². The van der Waals surface area contributed by atoms with Gasteiger partial charge >= 0.3 is 0 Å². The van der Waals surface area contributed by atoms with Gasteiger partial charge in [-0.05, 0) is 38.4 Å². The predicted molar refractivity (Wildman–Crippen MR) is 105 cm³/mol. The van der Waals surface area contributed by atoms with Gasteiger partial charge in [0.2, 0.25) is 16.0 Å². The zero-order chi connectivity index (χ0) is 19.7.